The molecule has 7 nitrogen and oxygen atoms in total. The topological polar surface area (TPSA) is 98.8 Å². The zero-order valence-corrected chi connectivity index (χ0v) is 25.0. The van der Waals surface area contributed by atoms with Crippen molar-refractivity contribution in [3.63, 3.8) is 0 Å². The maximum atomic E-state index is 15.7. The van der Waals surface area contributed by atoms with E-state index in [0.29, 0.717) is 24.3 Å². The molecular weight excluding hydrogens is 597 g/mol. The summed E-state index contributed by atoms with van der Waals surface area (Å²) in [6.07, 6.45) is -1.92. The van der Waals surface area contributed by atoms with Crippen LogP contribution in [0.25, 0.3) is 11.1 Å². The number of carbonyl (C=O) groups is 2. The minimum atomic E-state index is -5.20. The Morgan fingerprint density at radius 2 is 1.81 bits per heavy atom. The molecule has 13 heteroatoms. The quantitative estimate of drug-likeness (QED) is 0.111. The molecule has 43 heavy (non-hydrogen) atoms. The van der Waals surface area contributed by atoms with Gasteiger partial charge in [-0.15, -0.1) is 6.58 Å². The smallest absolute Gasteiger partial charge is 0.419 e. The van der Waals surface area contributed by atoms with Gasteiger partial charge in [0.2, 0.25) is 0 Å². The molecule has 0 saturated heterocycles. The van der Waals surface area contributed by atoms with Gasteiger partial charge in [0.15, 0.2) is 6.10 Å². The highest BCUT2D eigenvalue weighted by molar-refractivity contribution is 7.86. The van der Waals surface area contributed by atoms with Crippen molar-refractivity contribution in [1.82, 2.24) is 5.32 Å². The Labute approximate surface area is 247 Å². The lowest BCUT2D eigenvalue weighted by molar-refractivity contribution is -0.144. The lowest BCUT2D eigenvalue weighted by Gasteiger charge is -2.25. The molecule has 2 aromatic carbocycles. The number of amides is 1. The summed E-state index contributed by atoms with van der Waals surface area (Å²) in [6.45, 7) is 8.05. The Hall–Kier alpha value is -3.58. The summed E-state index contributed by atoms with van der Waals surface area (Å²) in [5, 5.41) is 2.26. The van der Waals surface area contributed by atoms with Crippen LogP contribution in [0.3, 0.4) is 0 Å². The van der Waals surface area contributed by atoms with E-state index in [9.17, 15) is 35.6 Å². The normalized spacial score (nSPS) is 13.5. The number of allylic oxidation sites excluding steroid dienone is 2. The third-order valence-electron chi connectivity index (χ3n) is 6.22. The number of aryl methyl sites for hydroxylation is 2. The van der Waals surface area contributed by atoms with Crippen molar-refractivity contribution in [2.24, 2.45) is 0 Å². The molecule has 0 saturated carbocycles. The predicted octanol–water partition coefficient (Wildman–Crippen LogP) is 6.50. The summed E-state index contributed by atoms with van der Waals surface area (Å²) in [7, 11) is -4.18. The van der Waals surface area contributed by atoms with E-state index in [1.807, 2.05) is 0 Å². The van der Waals surface area contributed by atoms with Crippen LogP contribution in [0.1, 0.15) is 61.4 Å². The second-order valence-corrected chi connectivity index (χ2v) is 11.3. The summed E-state index contributed by atoms with van der Waals surface area (Å²) in [5.41, 5.74) is -1.66. The fourth-order valence-corrected chi connectivity index (χ4v) is 5.11. The molecule has 2 atom stereocenters. The number of ether oxygens (including phenoxy) is 1. The number of rotatable bonds is 14. The highest BCUT2D eigenvalue weighted by atomic mass is 32.2. The molecule has 2 rings (SSSR count). The number of alkyl halides is 3. The third kappa shape index (κ3) is 10.3. The molecule has 0 heterocycles. The van der Waals surface area contributed by atoms with Gasteiger partial charge in [-0.25, -0.2) is 8.78 Å². The molecule has 0 aromatic heterocycles. The maximum absolute atomic E-state index is 15.7. The van der Waals surface area contributed by atoms with Gasteiger partial charge in [-0.05, 0) is 80.1 Å². The molecular formula is C30H34F5NO6S. The van der Waals surface area contributed by atoms with Crippen molar-refractivity contribution < 1.29 is 48.9 Å². The largest absolute Gasteiger partial charge is 0.466 e. The lowest BCUT2D eigenvalue weighted by atomic mass is 9.88. The Morgan fingerprint density at radius 3 is 2.37 bits per heavy atom. The van der Waals surface area contributed by atoms with E-state index in [1.54, 1.807) is 19.1 Å². The van der Waals surface area contributed by atoms with E-state index in [2.05, 4.69) is 11.9 Å². The Morgan fingerprint density at radius 1 is 1.14 bits per heavy atom. The Balaban J connectivity index is 2.83. The van der Waals surface area contributed by atoms with Crippen LogP contribution in [0, 0.1) is 18.6 Å². The first kappa shape index (κ1) is 35.6. The van der Waals surface area contributed by atoms with E-state index < -0.39 is 69.5 Å². The molecule has 236 valence electrons. The third-order valence-corrected chi connectivity index (χ3v) is 6.81. The first-order chi connectivity index (χ1) is 20.0. The minimum Gasteiger partial charge on any atom is -0.466 e. The number of hydrogen-bond acceptors (Lipinski definition) is 6. The monoisotopic (exact) mass is 631 g/mol. The van der Waals surface area contributed by atoms with Crippen LogP contribution in [0.15, 0.2) is 49.1 Å². The molecule has 0 radical (unpaired) electrons. The van der Waals surface area contributed by atoms with E-state index in [-0.39, 0.29) is 36.1 Å². The molecule has 0 aliphatic heterocycles. The van der Waals surface area contributed by atoms with Gasteiger partial charge >= 0.3 is 12.1 Å². The highest BCUT2D eigenvalue weighted by Crippen LogP contribution is 2.40. The average molecular weight is 632 g/mol. The average Bonchev–Trinajstić information content (AvgIpc) is 2.87. The zero-order chi connectivity index (χ0) is 32.5. The second kappa shape index (κ2) is 15.2. The van der Waals surface area contributed by atoms with E-state index in [1.165, 1.54) is 26.0 Å². The van der Waals surface area contributed by atoms with Gasteiger partial charge < -0.3 is 10.1 Å². The lowest BCUT2D eigenvalue weighted by Crippen LogP contribution is -2.40. The van der Waals surface area contributed by atoms with Crippen LogP contribution >= 0.6 is 0 Å². The molecule has 2 aromatic rings. The standard InChI is InChI=1S/C30H34F5NO6S/c1-6-9-10-12-19-14-21(31)13-18(4)27(19)20-15-22(28(32)23(16-20)30(33,34)35)24(17-26(37)41-8-3)36-29(38)25(11-7-2)42-43(5,39)40/h6-7,9,13-16,24-25H,2,8,10-12,17H2,1,3-5H3,(H,36,38)/t24-,25+/m0/s1. The van der Waals surface area contributed by atoms with Gasteiger partial charge in [0.1, 0.15) is 11.6 Å². The number of esters is 1. The van der Waals surface area contributed by atoms with Gasteiger partial charge in [-0.2, -0.15) is 21.6 Å². The molecule has 0 aliphatic rings. The molecule has 0 aliphatic carbocycles. The summed E-state index contributed by atoms with van der Waals surface area (Å²) in [5.74, 6) is -4.49. The van der Waals surface area contributed by atoms with Gasteiger partial charge in [0.05, 0.1) is 30.9 Å². The number of nitrogens with one attached hydrogen (secondary N) is 1. The van der Waals surface area contributed by atoms with Gasteiger partial charge in [-0.1, -0.05) is 18.2 Å². The van der Waals surface area contributed by atoms with Crippen LogP contribution in [-0.2, 0) is 41.2 Å². The molecule has 0 unspecified atom stereocenters. The van der Waals surface area contributed by atoms with Crippen LogP contribution in [-0.4, -0.2) is 39.3 Å². The van der Waals surface area contributed by atoms with Crippen LogP contribution in [0.2, 0.25) is 0 Å². The number of hydrogen-bond donors (Lipinski definition) is 1. The fourth-order valence-electron chi connectivity index (χ4n) is 4.52. The first-order valence-corrected chi connectivity index (χ1v) is 15.1. The Bertz CT molecular complexity index is 1470. The summed E-state index contributed by atoms with van der Waals surface area (Å²) in [4.78, 5) is 25.5. The molecule has 0 spiro atoms. The van der Waals surface area contributed by atoms with E-state index in [0.717, 1.165) is 12.1 Å². The van der Waals surface area contributed by atoms with Crippen molar-refractivity contribution >= 4 is 22.0 Å². The Kier molecular flexibility index (Phi) is 12.6. The molecule has 1 amide bonds. The van der Waals surface area contributed by atoms with Crippen molar-refractivity contribution in [2.75, 3.05) is 12.9 Å². The van der Waals surface area contributed by atoms with Gasteiger partial charge in [0, 0.05) is 12.0 Å². The van der Waals surface area contributed by atoms with Crippen LogP contribution in [0.5, 0.6) is 0 Å². The van der Waals surface area contributed by atoms with Crippen LogP contribution in [0.4, 0.5) is 22.0 Å². The number of benzene rings is 2. The van der Waals surface area contributed by atoms with Crippen LogP contribution < -0.4 is 5.32 Å². The SMILES string of the molecule is C=CC[C@@H](OS(C)(=O)=O)C(=O)N[C@@H](CC(=O)OCC)c1cc(-c2c(C)cc(F)cc2CCC=CC)cc(C(F)(F)F)c1F. The summed E-state index contributed by atoms with van der Waals surface area (Å²) >= 11 is 0. The number of halogens is 5. The molecule has 1 N–H and O–H groups in total. The van der Waals surface area contributed by atoms with E-state index in [4.69, 9.17) is 8.92 Å². The zero-order valence-electron chi connectivity index (χ0n) is 24.2. The van der Waals surface area contributed by atoms with Gasteiger partial charge in [-0.3, -0.25) is 13.8 Å². The number of carbonyl (C=O) groups excluding carboxylic acids is 2. The van der Waals surface area contributed by atoms with Crippen molar-refractivity contribution in [3.8, 4) is 11.1 Å². The highest BCUT2D eigenvalue weighted by Gasteiger charge is 2.38. The first-order valence-electron chi connectivity index (χ1n) is 13.3. The van der Waals surface area contributed by atoms with Crippen molar-refractivity contribution in [1.29, 1.82) is 0 Å². The summed E-state index contributed by atoms with van der Waals surface area (Å²) < 4.78 is 106. The summed E-state index contributed by atoms with van der Waals surface area (Å²) in [6, 6.07) is 2.21. The van der Waals surface area contributed by atoms with Crippen molar-refractivity contribution in [2.45, 2.75) is 64.8 Å². The molecule has 0 fully saturated rings. The predicted molar refractivity (Wildman–Crippen MR) is 151 cm³/mol. The maximum Gasteiger partial charge on any atom is 0.419 e. The minimum absolute atomic E-state index is 0.115. The second-order valence-electron chi connectivity index (χ2n) is 9.67. The van der Waals surface area contributed by atoms with Crippen molar-refractivity contribution in [3.05, 3.63) is 83.0 Å². The van der Waals surface area contributed by atoms with Gasteiger partial charge in [0.25, 0.3) is 16.0 Å². The fraction of sp³-hybridized carbons (Fsp3) is 0.400. The molecule has 0 bridgehead atoms. The van der Waals surface area contributed by atoms with E-state index >= 15 is 4.39 Å².